The number of carboxylic acids is 1. The van der Waals surface area contributed by atoms with Crippen molar-refractivity contribution in [1.82, 2.24) is 20.6 Å². The maximum atomic E-state index is 14.2. The van der Waals surface area contributed by atoms with E-state index in [1.54, 1.807) is 6.20 Å². The average Bonchev–Trinajstić information content (AvgIpc) is 3.89. The van der Waals surface area contributed by atoms with Gasteiger partial charge in [0, 0.05) is 42.7 Å². The normalized spacial score (nSPS) is 11.9. The number of hydrogen-bond acceptors (Lipinski definition) is 6. The van der Waals surface area contributed by atoms with E-state index in [0.29, 0.717) is 22.8 Å². The maximum absolute atomic E-state index is 14.2. The minimum Gasteiger partial charge on any atom is -0.480 e. The second-order valence-electron chi connectivity index (χ2n) is 15.9. The predicted octanol–water partition coefficient (Wildman–Crippen LogP) is 10.8. The van der Waals surface area contributed by atoms with E-state index >= 15 is 0 Å². The van der Waals surface area contributed by atoms with Gasteiger partial charge in [-0.2, -0.15) is 0 Å². The molecule has 10 heteroatoms. The van der Waals surface area contributed by atoms with Gasteiger partial charge in [-0.15, -0.1) is 23.5 Å². The highest BCUT2D eigenvalue weighted by Gasteiger charge is 2.38. The van der Waals surface area contributed by atoms with Gasteiger partial charge in [-0.25, -0.2) is 9.78 Å². The van der Waals surface area contributed by atoms with Crippen molar-refractivity contribution in [1.29, 1.82) is 0 Å². The van der Waals surface area contributed by atoms with E-state index in [2.05, 4.69) is 172 Å². The first kappa shape index (κ1) is 45.4. The Morgan fingerprint density at radius 2 is 0.939 bits per heavy atom. The lowest BCUT2D eigenvalue weighted by Gasteiger charge is -2.36. The molecule has 2 amide bonds. The molecule has 1 heterocycles. The standard InChI is InChI=1S/C56H50N4O4S2/c61-52(60-51(54(63)64)36-50-37-57-40-59-50)31-32-58-53(62)43-34-41(38-65-55(44-19-7-1-8-20-44,45-21-9-2-10-22-45)46-23-11-3-12-24-46)33-42(35-43)39-66-56(47-25-13-4-14-26-47,48-27-15-5-16-28-48)49-29-17-6-18-30-49/h1-30,33-35,37,40,51H,31-32,36,38-39H2,(H,57,59)(H,58,62)(H,60,61)(H,63,64)/t51-/m0/s1. The van der Waals surface area contributed by atoms with E-state index in [9.17, 15) is 19.5 Å². The smallest absolute Gasteiger partial charge is 0.326 e. The number of imidazole rings is 1. The zero-order chi connectivity index (χ0) is 45.6. The first-order chi connectivity index (χ1) is 32.3. The van der Waals surface area contributed by atoms with E-state index in [1.165, 1.54) is 6.33 Å². The number of carboxylic acid groups (broad SMARTS) is 1. The number of hydrogen-bond donors (Lipinski definition) is 4. The Kier molecular flexibility index (Phi) is 14.9. The van der Waals surface area contributed by atoms with E-state index in [0.717, 1.165) is 44.5 Å². The summed E-state index contributed by atoms with van der Waals surface area (Å²) in [5.74, 6) is -0.852. The molecule has 0 spiro atoms. The lowest BCUT2D eigenvalue weighted by atomic mass is 9.84. The van der Waals surface area contributed by atoms with Crippen LogP contribution >= 0.6 is 23.5 Å². The number of aromatic nitrogens is 2. The quantitative estimate of drug-likeness (QED) is 0.0562. The van der Waals surface area contributed by atoms with Crippen LogP contribution in [0.3, 0.4) is 0 Å². The molecule has 4 N–H and O–H groups in total. The van der Waals surface area contributed by atoms with E-state index < -0.39 is 27.4 Å². The number of benzene rings is 7. The van der Waals surface area contributed by atoms with Gasteiger partial charge in [0.05, 0.1) is 21.5 Å². The molecule has 0 saturated heterocycles. The van der Waals surface area contributed by atoms with Crippen LogP contribution in [0.25, 0.3) is 0 Å². The van der Waals surface area contributed by atoms with Gasteiger partial charge in [-0.1, -0.05) is 188 Å². The van der Waals surface area contributed by atoms with Crippen molar-refractivity contribution >= 4 is 41.3 Å². The molecule has 0 fully saturated rings. The van der Waals surface area contributed by atoms with Crippen molar-refractivity contribution in [2.45, 2.75) is 39.9 Å². The monoisotopic (exact) mass is 906 g/mol. The van der Waals surface area contributed by atoms with Crippen LogP contribution in [0, 0.1) is 0 Å². The van der Waals surface area contributed by atoms with Crippen molar-refractivity contribution in [3.05, 3.63) is 268 Å². The summed E-state index contributed by atoms with van der Waals surface area (Å²) in [5, 5.41) is 15.3. The fraction of sp³-hybridized carbons (Fsp3) is 0.143. The van der Waals surface area contributed by atoms with Gasteiger partial charge < -0.3 is 20.7 Å². The average molecular weight is 907 g/mol. The summed E-state index contributed by atoms with van der Waals surface area (Å²) in [6, 6.07) is 68.3. The van der Waals surface area contributed by atoms with E-state index in [4.69, 9.17) is 0 Å². The molecule has 0 aliphatic rings. The molecule has 7 aromatic carbocycles. The molecular weight excluding hydrogens is 857 g/mol. The number of nitrogens with zero attached hydrogens (tertiary/aromatic N) is 1. The Morgan fingerprint density at radius 3 is 1.27 bits per heavy atom. The molecule has 8 nitrogen and oxygen atoms in total. The van der Waals surface area contributed by atoms with Gasteiger partial charge in [-0.3, -0.25) is 9.59 Å². The Bertz CT molecular complexity index is 2460. The van der Waals surface area contributed by atoms with Crippen LogP contribution in [-0.2, 0) is 37.0 Å². The molecule has 1 aromatic heterocycles. The van der Waals surface area contributed by atoms with Crippen LogP contribution in [0.1, 0.15) is 67.0 Å². The van der Waals surface area contributed by atoms with Gasteiger partial charge in [0.15, 0.2) is 0 Å². The number of thioether (sulfide) groups is 2. The van der Waals surface area contributed by atoms with Crippen molar-refractivity contribution in [2.75, 3.05) is 6.54 Å². The SMILES string of the molecule is O=C(CCNC(=O)c1cc(CSC(c2ccccc2)(c2ccccc2)c2ccccc2)cc(CSC(c2ccccc2)(c2ccccc2)c2ccccc2)c1)N[C@@H](Cc1c[nH]cn1)C(=O)O. The number of nitrogens with one attached hydrogen (secondary N) is 3. The second kappa shape index (κ2) is 21.7. The highest BCUT2D eigenvalue weighted by molar-refractivity contribution is 8.00. The summed E-state index contributed by atoms with van der Waals surface area (Å²) < 4.78 is -1.17. The lowest BCUT2D eigenvalue weighted by molar-refractivity contribution is -0.141. The third kappa shape index (κ3) is 10.5. The molecule has 0 unspecified atom stereocenters. The van der Waals surface area contributed by atoms with Gasteiger partial charge >= 0.3 is 5.97 Å². The number of carbonyl (C=O) groups is 3. The molecule has 8 rings (SSSR count). The van der Waals surface area contributed by atoms with Crippen molar-refractivity contribution in [3.63, 3.8) is 0 Å². The Hall–Kier alpha value is -7.14. The fourth-order valence-electron chi connectivity index (χ4n) is 8.45. The summed E-state index contributed by atoms with van der Waals surface area (Å²) in [4.78, 5) is 46.1. The van der Waals surface area contributed by atoms with Crippen molar-refractivity contribution in [3.8, 4) is 0 Å². The number of rotatable bonds is 20. The number of H-pyrrole nitrogens is 1. The molecule has 0 saturated carbocycles. The molecule has 1 atom stereocenters. The van der Waals surface area contributed by atoms with Gasteiger partial charge in [-0.05, 0) is 56.6 Å². The fourth-order valence-corrected chi connectivity index (χ4v) is 11.4. The van der Waals surface area contributed by atoms with Crippen LogP contribution in [0.15, 0.2) is 213 Å². The number of aliphatic carboxylic acids is 1. The highest BCUT2D eigenvalue weighted by Crippen LogP contribution is 2.51. The highest BCUT2D eigenvalue weighted by atomic mass is 32.2. The minimum atomic E-state index is -1.16. The van der Waals surface area contributed by atoms with Gasteiger partial charge in [0.25, 0.3) is 5.91 Å². The topological polar surface area (TPSA) is 124 Å². The van der Waals surface area contributed by atoms with Crippen LogP contribution in [0.2, 0.25) is 0 Å². The summed E-state index contributed by atoms with van der Waals surface area (Å²) in [6.07, 6.45) is 2.98. The number of amides is 2. The van der Waals surface area contributed by atoms with Crippen LogP contribution < -0.4 is 10.6 Å². The van der Waals surface area contributed by atoms with Crippen molar-refractivity contribution < 1.29 is 19.5 Å². The molecular formula is C56H50N4O4S2. The number of carbonyl (C=O) groups excluding carboxylic acids is 2. The third-order valence-corrected chi connectivity index (χ3v) is 14.8. The summed E-state index contributed by atoms with van der Waals surface area (Å²) in [6.45, 7) is 0.0146. The second-order valence-corrected chi connectivity index (χ2v) is 18.3. The molecule has 66 heavy (non-hydrogen) atoms. The van der Waals surface area contributed by atoms with Crippen LogP contribution in [-0.4, -0.2) is 45.4 Å². The molecule has 0 bridgehead atoms. The lowest BCUT2D eigenvalue weighted by Crippen LogP contribution is -2.43. The van der Waals surface area contributed by atoms with Crippen molar-refractivity contribution in [2.24, 2.45) is 0 Å². The number of aromatic amines is 1. The molecule has 0 radical (unpaired) electrons. The van der Waals surface area contributed by atoms with Gasteiger partial charge in [0.1, 0.15) is 6.04 Å². The molecule has 330 valence electrons. The first-order valence-electron chi connectivity index (χ1n) is 21.9. The Morgan fingerprint density at radius 1 is 0.561 bits per heavy atom. The zero-order valence-corrected chi connectivity index (χ0v) is 37.9. The maximum Gasteiger partial charge on any atom is 0.326 e. The first-order valence-corrected chi connectivity index (χ1v) is 23.8. The molecule has 0 aliphatic heterocycles. The molecule has 8 aromatic rings. The third-order valence-electron chi connectivity index (χ3n) is 11.5. The van der Waals surface area contributed by atoms with Crippen LogP contribution in [0.4, 0.5) is 0 Å². The summed E-state index contributed by atoms with van der Waals surface area (Å²) in [5.41, 5.74) is 9.79. The Balaban J connectivity index is 1.14. The van der Waals surface area contributed by atoms with Gasteiger partial charge in [0.2, 0.25) is 5.91 Å². The summed E-state index contributed by atoms with van der Waals surface area (Å²) in [7, 11) is 0. The van der Waals surface area contributed by atoms with Crippen LogP contribution in [0.5, 0.6) is 0 Å². The molecule has 0 aliphatic carbocycles. The van der Waals surface area contributed by atoms with E-state index in [1.807, 2.05) is 72.1 Å². The minimum absolute atomic E-state index is 0.0146. The van der Waals surface area contributed by atoms with E-state index in [-0.39, 0.29) is 25.3 Å². The predicted molar refractivity (Wildman–Crippen MR) is 266 cm³/mol. The Labute approximate surface area is 394 Å². The zero-order valence-electron chi connectivity index (χ0n) is 36.3. The largest absolute Gasteiger partial charge is 0.480 e. The summed E-state index contributed by atoms with van der Waals surface area (Å²) >= 11 is 3.62.